The summed E-state index contributed by atoms with van der Waals surface area (Å²) in [7, 11) is 2.87. The summed E-state index contributed by atoms with van der Waals surface area (Å²) in [5.74, 6) is -0.322. The number of benzene rings is 1. The van der Waals surface area contributed by atoms with Gasteiger partial charge in [0.2, 0.25) is 5.91 Å². The molecule has 2 amide bonds. The number of ether oxygens (including phenoxy) is 2. The molecule has 0 unspecified atom stereocenters. The van der Waals surface area contributed by atoms with Gasteiger partial charge in [-0.25, -0.2) is 0 Å². The van der Waals surface area contributed by atoms with Crippen LogP contribution in [0.3, 0.4) is 0 Å². The number of aliphatic hydroxyl groups is 1. The number of rotatable bonds is 5. The van der Waals surface area contributed by atoms with E-state index < -0.39 is 24.0 Å². The van der Waals surface area contributed by atoms with E-state index in [4.69, 9.17) is 14.7 Å². The molecule has 1 heterocycles. The number of nitrogens with one attached hydrogen (secondary N) is 1. The fourth-order valence-electron chi connectivity index (χ4n) is 2.51. The molecule has 8 nitrogen and oxygen atoms in total. The quantitative estimate of drug-likeness (QED) is 0.820. The Balaban J connectivity index is 2.59. The van der Waals surface area contributed by atoms with Gasteiger partial charge in [0.1, 0.15) is 11.5 Å². The smallest absolute Gasteiger partial charge is 0.255 e. The van der Waals surface area contributed by atoms with Crippen molar-refractivity contribution in [2.24, 2.45) is 0 Å². The molecule has 0 radical (unpaired) electrons. The Morgan fingerprint density at radius 1 is 1.42 bits per heavy atom. The van der Waals surface area contributed by atoms with Crippen molar-refractivity contribution in [2.45, 2.75) is 19.1 Å². The lowest BCUT2D eigenvalue weighted by molar-refractivity contribution is -0.119. The van der Waals surface area contributed by atoms with Crippen LogP contribution < -0.4 is 19.7 Å². The topological polar surface area (TPSA) is 112 Å². The Morgan fingerprint density at radius 3 is 2.67 bits per heavy atom. The van der Waals surface area contributed by atoms with Gasteiger partial charge in [0.05, 0.1) is 38.1 Å². The number of hydrogen-bond donors (Lipinski definition) is 2. The third kappa shape index (κ3) is 2.89. The highest BCUT2D eigenvalue weighted by Gasteiger charge is 2.48. The Hall–Kier alpha value is -3.05. The summed E-state index contributed by atoms with van der Waals surface area (Å²) in [5.41, 5.74) is -1.86. The number of carbonyl (C=O) groups is 2. The second-order valence-corrected chi connectivity index (χ2v) is 5.10. The molecule has 0 spiro atoms. The standard InChI is InChI=1S/C16H17N3O5/c1-10(20)18-14-9-15(21)19(16(14,22)6-7-17)12-8-11(23-2)4-5-13(12)24-3/h4-5,8-9,22H,6H2,1-3H3,(H,18,20)/t16-/m1/s1. The molecule has 1 aliphatic heterocycles. The van der Waals surface area contributed by atoms with Crippen LogP contribution in [0.15, 0.2) is 30.0 Å². The van der Waals surface area contributed by atoms with Crippen molar-refractivity contribution in [1.29, 1.82) is 5.26 Å². The molecule has 0 saturated carbocycles. The molecule has 0 saturated heterocycles. The van der Waals surface area contributed by atoms with E-state index in [0.717, 1.165) is 11.0 Å². The molecule has 1 atom stereocenters. The van der Waals surface area contributed by atoms with Crippen molar-refractivity contribution >= 4 is 17.5 Å². The Morgan fingerprint density at radius 2 is 2.12 bits per heavy atom. The van der Waals surface area contributed by atoms with Gasteiger partial charge in [0.15, 0.2) is 5.72 Å². The minimum atomic E-state index is -2.02. The molecular formula is C16H17N3O5. The zero-order valence-corrected chi connectivity index (χ0v) is 13.5. The van der Waals surface area contributed by atoms with Crippen molar-refractivity contribution in [1.82, 2.24) is 5.32 Å². The molecule has 1 aliphatic rings. The van der Waals surface area contributed by atoms with Crippen molar-refractivity contribution in [2.75, 3.05) is 19.1 Å². The fourth-order valence-corrected chi connectivity index (χ4v) is 2.51. The molecule has 0 aromatic heterocycles. The summed E-state index contributed by atoms with van der Waals surface area (Å²) in [5, 5.41) is 22.4. The lowest BCUT2D eigenvalue weighted by Gasteiger charge is -2.35. The van der Waals surface area contributed by atoms with Crippen molar-refractivity contribution in [3.8, 4) is 17.6 Å². The second kappa shape index (κ2) is 6.60. The van der Waals surface area contributed by atoms with Crippen LogP contribution >= 0.6 is 0 Å². The summed E-state index contributed by atoms with van der Waals surface area (Å²) < 4.78 is 10.4. The average molecular weight is 331 g/mol. The van der Waals surface area contributed by atoms with Crippen LogP contribution in [0.2, 0.25) is 0 Å². The van der Waals surface area contributed by atoms with Crippen LogP contribution in [0.4, 0.5) is 5.69 Å². The maximum atomic E-state index is 12.5. The zero-order valence-electron chi connectivity index (χ0n) is 13.5. The summed E-state index contributed by atoms with van der Waals surface area (Å²) >= 11 is 0. The van der Waals surface area contributed by atoms with Crippen molar-refractivity contribution < 1.29 is 24.2 Å². The summed E-state index contributed by atoms with van der Waals surface area (Å²) in [6.07, 6.45) is 0.642. The largest absolute Gasteiger partial charge is 0.497 e. The lowest BCUT2D eigenvalue weighted by Crippen LogP contribution is -2.51. The van der Waals surface area contributed by atoms with E-state index in [1.165, 1.54) is 27.2 Å². The van der Waals surface area contributed by atoms with Gasteiger partial charge in [-0.1, -0.05) is 0 Å². The van der Waals surface area contributed by atoms with Crippen LogP contribution in [0.25, 0.3) is 0 Å². The number of methoxy groups -OCH3 is 2. The number of anilines is 1. The maximum absolute atomic E-state index is 12.5. The molecule has 2 N–H and O–H groups in total. The van der Waals surface area contributed by atoms with Crippen LogP contribution in [0, 0.1) is 11.3 Å². The molecule has 0 bridgehead atoms. The third-order valence-electron chi connectivity index (χ3n) is 3.55. The fraction of sp³-hybridized carbons (Fsp3) is 0.312. The lowest BCUT2D eigenvalue weighted by atomic mass is 10.1. The van der Waals surface area contributed by atoms with Gasteiger partial charge < -0.3 is 19.9 Å². The predicted octanol–water partition coefficient (Wildman–Crippen LogP) is 0.673. The maximum Gasteiger partial charge on any atom is 0.255 e. The first-order chi connectivity index (χ1) is 11.4. The van der Waals surface area contributed by atoms with E-state index in [-0.39, 0.29) is 11.4 Å². The zero-order chi connectivity index (χ0) is 17.9. The first kappa shape index (κ1) is 17.3. The predicted molar refractivity (Wildman–Crippen MR) is 84.1 cm³/mol. The van der Waals surface area contributed by atoms with Crippen LogP contribution in [0.1, 0.15) is 13.3 Å². The first-order valence-electron chi connectivity index (χ1n) is 7.02. The van der Waals surface area contributed by atoms with E-state index in [1.54, 1.807) is 12.1 Å². The number of carbonyl (C=O) groups excluding carboxylic acids is 2. The van der Waals surface area contributed by atoms with E-state index >= 15 is 0 Å². The van der Waals surface area contributed by atoms with E-state index in [0.29, 0.717) is 11.5 Å². The number of nitrogens with zero attached hydrogens (tertiary/aromatic N) is 2. The highest BCUT2D eigenvalue weighted by molar-refractivity contribution is 6.08. The van der Waals surface area contributed by atoms with Crippen molar-refractivity contribution in [3.63, 3.8) is 0 Å². The normalized spacial score (nSPS) is 19.5. The molecule has 24 heavy (non-hydrogen) atoms. The highest BCUT2D eigenvalue weighted by Crippen LogP contribution is 2.41. The summed E-state index contributed by atoms with van der Waals surface area (Å²) in [6.45, 7) is 1.24. The van der Waals surface area contributed by atoms with Crippen LogP contribution in [0.5, 0.6) is 11.5 Å². The molecule has 0 aliphatic carbocycles. The molecule has 8 heteroatoms. The molecule has 1 aromatic rings. The summed E-state index contributed by atoms with van der Waals surface area (Å²) in [4.78, 5) is 24.8. The Labute approximate surface area is 138 Å². The van der Waals surface area contributed by atoms with Gasteiger partial charge in [-0.3, -0.25) is 14.5 Å². The summed E-state index contributed by atoms with van der Waals surface area (Å²) in [6, 6.07) is 6.54. The first-order valence-corrected chi connectivity index (χ1v) is 7.02. The minimum Gasteiger partial charge on any atom is -0.497 e. The molecule has 126 valence electrons. The Bertz CT molecular complexity index is 753. The number of hydrogen-bond acceptors (Lipinski definition) is 6. The average Bonchev–Trinajstić information content (AvgIpc) is 2.76. The molecule has 0 fully saturated rings. The highest BCUT2D eigenvalue weighted by atomic mass is 16.5. The monoisotopic (exact) mass is 331 g/mol. The van der Waals surface area contributed by atoms with E-state index in [1.807, 2.05) is 6.07 Å². The van der Waals surface area contributed by atoms with Gasteiger partial charge in [0.25, 0.3) is 5.91 Å². The Kier molecular flexibility index (Phi) is 4.76. The van der Waals surface area contributed by atoms with E-state index in [9.17, 15) is 14.7 Å². The van der Waals surface area contributed by atoms with Crippen LogP contribution in [-0.2, 0) is 9.59 Å². The van der Waals surface area contributed by atoms with Gasteiger partial charge in [-0.15, -0.1) is 0 Å². The SMILES string of the molecule is COc1ccc(OC)c(N2C(=O)C=C(NC(C)=O)[C@]2(O)CC#N)c1. The third-order valence-corrected chi connectivity index (χ3v) is 3.55. The second-order valence-electron chi connectivity index (χ2n) is 5.10. The van der Waals surface area contributed by atoms with Gasteiger partial charge in [-0.05, 0) is 12.1 Å². The van der Waals surface area contributed by atoms with Gasteiger partial charge in [-0.2, -0.15) is 5.26 Å². The van der Waals surface area contributed by atoms with Gasteiger partial charge >= 0.3 is 0 Å². The molecule has 1 aromatic carbocycles. The van der Waals surface area contributed by atoms with E-state index in [2.05, 4.69) is 5.32 Å². The molecule has 2 rings (SSSR count). The number of amides is 2. The minimum absolute atomic E-state index is 0.0635. The molecular weight excluding hydrogens is 314 g/mol. The van der Waals surface area contributed by atoms with Crippen molar-refractivity contribution in [3.05, 3.63) is 30.0 Å². The number of nitriles is 1. The van der Waals surface area contributed by atoms with Crippen LogP contribution in [-0.4, -0.2) is 36.9 Å². The van der Waals surface area contributed by atoms with Gasteiger partial charge in [0, 0.05) is 19.1 Å².